The predicted octanol–water partition coefficient (Wildman–Crippen LogP) is 0.182. The van der Waals surface area contributed by atoms with E-state index >= 15 is 0 Å². The first-order valence-corrected chi connectivity index (χ1v) is 3.08. The Kier molecular flexibility index (Phi) is 1.61. The molecule has 1 rings (SSSR count). The van der Waals surface area contributed by atoms with E-state index in [1.54, 1.807) is 0 Å². The second kappa shape index (κ2) is 2.28. The van der Waals surface area contributed by atoms with Gasteiger partial charge in [-0.25, -0.2) is 0 Å². The van der Waals surface area contributed by atoms with Crippen molar-refractivity contribution in [3.63, 3.8) is 0 Å². The number of carbonyl (C=O) groups is 2. The fourth-order valence-electron chi connectivity index (χ4n) is 1.09. The first-order chi connectivity index (χ1) is 4.63. The molecule has 10 heavy (non-hydrogen) atoms. The maximum Gasteiger partial charge on any atom is 0.307 e. The summed E-state index contributed by atoms with van der Waals surface area (Å²) < 4.78 is 0. The van der Waals surface area contributed by atoms with Gasteiger partial charge in [0.15, 0.2) is 0 Å². The van der Waals surface area contributed by atoms with Gasteiger partial charge in [0, 0.05) is 0 Å². The summed E-state index contributed by atoms with van der Waals surface area (Å²) in [5, 5.41) is 16.8. The Morgan fingerprint density at radius 3 is 1.40 bits per heavy atom. The molecule has 0 aromatic rings. The molecule has 1 fully saturated rings. The van der Waals surface area contributed by atoms with E-state index in [0.29, 0.717) is 12.8 Å². The molecular weight excluding hydrogens is 136 g/mol. The minimum Gasteiger partial charge on any atom is -0.481 e. The molecule has 0 radical (unpaired) electrons. The monoisotopic (exact) mass is 144 g/mol. The van der Waals surface area contributed by atoms with Crippen LogP contribution in [0.3, 0.4) is 0 Å². The molecular formula is C6H8O4. The highest BCUT2D eigenvalue weighted by molar-refractivity contribution is 5.81. The molecule has 4 nitrogen and oxygen atoms in total. The molecule has 56 valence electrons. The number of carboxylic acids is 2. The molecule has 0 heterocycles. The van der Waals surface area contributed by atoms with Crippen LogP contribution in [0.4, 0.5) is 0 Å². The average Bonchev–Trinajstić information content (AvgIpc) is 1.56. The second-order valence-electron chi connectivity index (χ2n) is 2.47. The predicted molar refractivity (Wildman–Crippen MR) is 31.5 cm³/mol. The van der Waals surface area contributed by atoms with Gasteiger partial charge in [0.25, 0.3) is 0 Å². The number of hydrogen-bond acceptors (Lipinski definition) is 2. The molecule has 0 spiro atoms. The van der Waals surface area contributed by atoms with E-state index in [4.69, 9.17) is 10.2 Å². The van der Waals surface area contributed by atoms with Crippen molar-refractivity contribution in [2.75, 3.05) is 0 Å². The molecule has 0 bridgehead atoms. The van der Waals surface area contributed by atoms with E-state index in [1.165, 1.54) is 0 Å². The third kappa shape index (κ3) is 0.964. The molecule has 2 N–H and O–H groups in total. The van der Waals surface area contributed by atoms with Gasteiger partial charge in [-0.3, -0.25) is 9.59 Å². The number of hydrogen-bond donors (Lipinski definition) is 2. The van der Waals surface area contributed by atoms with Gasteiger partial charge in [-0.1, -0.05) is 0 Å². The molecule has 1 aliphatic rings. The summed E-state index contributed by atoms with van der Waals surface area (Å²) in [6, 6.07) is 0. The summed E-state index contributed by atoms with van der Waals surface area (Å²) in [5.74, 6) is -3.26. The van der Waals surface area contributed by atoms with E-state index in [9.17, 15) is 9.59 Å². The van der Waals surface area contributed by atoms with Crippen molar-refractivity contribution >= 4 is 11.9 Å². The molecule has 1 unspecified atom stereocenters. The first kappa shape index (κ1) is 7.05. The third-order valence-corrected chi connectivity index (χ3v) is 1.91. The average molecular weight is 144 g/mol. The standard InChI is InChI=1S/C6H8O4/c7-5(8)3-1-2-4(3)6(9)10/h3-4H,1-2H2,(H,7,8)(H,9,10)/t3-,4?/m0/s1. The van der Waals surface area contributed by atoms with E-state index in [1.807, 2.05) is 0 Å². The van der Waals surface area contributed by atoms with Crippen LogP contribution in [0.15, 0.2) is 0 Å². The quantitative estimate of drug-likeness (QED) is 0.579. The van der Waals surface area contributed by atoms with Crippen molar-refractivity contribution in [1.29, 1.82) is 0 Å². The number of aliphatic carboxylic acids is 2. The molecule has 1 aliphatic carbocycles. The zero-order chi connectivity index (χ0) is 7.72. The summed E-state index contributed by atoms with van der Waals surface area (Å²) in [4.78, 5) is 20.5. The number of carboxylic acid groups (broad SMARTS) is 2. The molecule has 0 saturated heterocycles. The lowest BCUT2D eigenvalue weighted by molar-refractivity contribution is -0.160. The lowest BCUT2D eigenvalue weighted by Gasteiger charge is -2.29. The van der Waals surface area contributed by atoms with Crippen molar-refractivity contribution in [2.24, 2.45) is 11.8 Å². The Labute approximate surface area is 57.5 Å². The highest BCUT2D eigenvalue weighted by Crippen LogP contribution is 2.34. The van der Waals surface area contributed by atoms with Gasteiger partial charge in [0.1, 0.15) is 0 Å². The van der Waals surface area contributed by atoms with Crippen molar-refractivity contribution in [3.05, 3.63) is 0 Å². The van der Waals surface area contributed by atoms with Gasteiger partial charge in [-0.05, 0) is 12.8 Å². The van der Waals surface area contributed by atoms with Crippen LogP contribution in [-0.4, -0.2) is 22.2 Å². The maximum absolute atomic E-state index is 10.2. The molecule has 1 saturated carbocycles. The van der Waals surface area contributed by atoms with E-state index in [2.05, 4.69) is 0 Å². The fourth-order valence-corrected chi connectivity index (χ4v) is 1.09. The minimum absolute atomic E-state index is 0.506. The Balaban J connectivity index is 2.51. The Hall–Kier alpha value is -1.06. The smallest absolute Gasteiger partial charge is 0.307 e. The van der Waals surface area contributed by atoms with Crippen LogP contribution in [0, 0.1) is 11.8 Å². The van der Waals surface area contributed by atoms with Gasteiger partial charge in [-0.2, -0.15) is 0 Å². The van der Waals surface area contributed by atoms with Crippen molar-refractivity contribution in [3.8, 4) is 0 Å². The minimum atomic E-state index is -0.987. The molecule has 0 aromatic carbocycles. The van der Waals surface area contributed by atoms with Crippen molar-refractivity contribution in [2.45, 2.75) is 12.8 Å². The van der Waals surface area contributed by atoms with Crippen LogP contribution in [0.25, 0.3) is 0 Å². The van der Waals surface area contributed by atoms with Crippen molar-refractivity contribution in [1.82, 2.24) is 0 Å². The van der Waals surface area contributed by atoms with Gasteiger partial charge >= 0.3 is 11.9 Å². The molecule has 0 aromatic heterocycles. The normalized spacial score (nSPS) is 30.8. The summed E-state index contributed by atoms with van der Waals surface area (Å²) in [6.07, 6.45) is 1.01. The first-order valence-electron chi connectivity index (χ1n) is 3.08. The Morgan fingerprint density at radius 2 is 1.30 bits per heavy atom. The highest BCUT2D eigenvalue weighted by Gasteiger charge is 2.41. The summed E-state index contributed by atoms with van der Waals surface area (Å²) in [5.41, 5.74) is 0. The highest BCUT2D eigenvalue weighted by atomic mass is 16.4. The van der Waals surface area contributed by atoms with Gasteiger partial charge in [-0.15, -0.1) is 0 Å². The fraction of sp³-hybridized carbons (Fsp3) is 0.667. The Bertz CT molecular complexity index is 155. The number of rotatable bonds is 2. The Morgan fingerprint density at radius 1 is 1.00 bits per heavy atom. The van der Waals surface area contributed by atoms with E-state index < -0.39 is 23.8 Å². The zero-order valence-electron chi connectivity index (χ0n) is 5.28. The maximum atomic E-state index is 10.2. The van der Waals surface area contributed by atoms with Crippen LogP contribution in [0.2, 0.25) is 0 Å². The largest absolute Gasteiger partial charge is 0.481 e. The van der Waals surface area contributed by atoms with Crippen molar-refractivity contribution < 1.29 is 19.8 Å². The summed E-state index contributed by atoms with van der Waals surface area (Å²) >= 11 is 0. The molecule has 0 amide bonds. The molecule has 2 atom stereocenters. The van der Waals surface area contributed by atoms with Gasteiger partial charge in [0.2, 0.25) is 0 Å². The SMILES string of the molecule is O=C(O)C1CC[C@@H]1C(=O)O. The topological polar surface area (TPSA) is 74.6 Å². The zero-order valence-corrected chi connectivity index (χ0v) is 5.28. The van der Waals surface area contributed by atoms with Gasteiger partial charge < -0.3 is 10.2 Å². The summed E-state index contributed by atoms with van der Waals surface area (Å²) in [6.45, 7) is 0. The van der Waals surface area contributed by atoms with Gasteiger partial charge in [0.05, 0.1) is 11.8 Å². The molecule has 0 aliphatic heterocycles. The van der Waals surface area contributed by atoms with Crippen LogP contribution in [0.5, 0.6) is 0 Å². The third-order valence-electron chi connectivity index (χ3n) is 1.91. The van der Waals surface area contributed by atoms with Crippen LogP contribution >= 0.6 is 0 Å². The van der Waals surface area contributed by atoms with E-state index in [-0.39, 0.29) is 0 Å². The second-order valence-corrected chi connectivity index (χ2v) is 2.47. The lowest BCUT2D eigenvalue weighted by Crippen LogP contribution is -2.37. The summed E-state index contributed by atoms with van der Waals surface area (Å²) in [7, 11) is 0. The van der Waals surface area contributed by atoms with Crippen LogP contribution in [-0.2, 0) is 9.59 Å². The molecule has 4 heteroatoms. The van der Waals surface area contributed by atoms with Crippen LogP contribution in [0.1, 0.15) is 12.8 Å². The van der Waals surface area contributed by atoms with E-state index in [0.717, 1.165) is 0 Å². The van der Waals surface area contributed by atoms with Crippen LogP contribution < -0.4 is 0 Å². The lowest BCUT2D eigenvalue weighted by atomic mass is 9.74.